The number of nitrogens with one attached hydrogen (secondary N) is 1. The molecule has 0 atom stereocenters. The van der Waals surface area contributed by atoms with Crippen LogP contribution in [0.3, 0.4) is 0 Å². The minimum absolute atomic E-state index is 0.951. The highest BCUT2D eigenvalue weighted by molar-refractivity contribution is 5.44. The first-order valence-electron chi connectivity index (χ1n) is 7.59. The van der Waals surface area contributed by atoms with Crippen molar-refractivity contribution in [1.29, 1.82) is 0 Å². The van der Waals surface area contributed by atoms with Crippen molar-refractivity contribution in [1.82, 2.24) is 9.55 Å². The maximum atomic E-state index is 4.72. The van der Waals surface area contributed by atoms with Crippen LogP contribution in [0.5, 0.6) is 0 Å². The number of nitrogens with zero attached hydrogens (tertiary/aromatic N) is 2. The Hall–Kier alpha value is -1.77. The van der Waals surface area contributed by atoms with Crippen molar-refractivity contribution in [3.63, 3.8) is 0 Å². The second-order valence-corrected chi connectivity index (χ2v) is 5.70. The molecule has 0 fully saturated rings. The molecule has 106 valence electrons. The molecule has 0 unspecified atom stereocenters. The molecule has 3 heteroatoms. The molecule has 1 aromatic heterocycles. The second kappa shape index (κ2) is 5.70. The summed E-state index contributed by atoms with van der Waals surface area (Å²) in [6, 6.07) is 8.58. The highest BCUT2D eigenvalue weighted by Crippen LogP contribution is 2.22. The van der Waals surface area contributed by atoms with Gasteiger partial charge in [-0.3, -0.25) is 0 Å². The minimum atomic E-state index is 0.951. The van der Waals surface area contributed by atoms with Crippen molar-refractivity contribution >= 4 is 5.69 Å². The van der Waals surface area contributed by atoms with Gasteiger partial charge in [-0.05, 0) is 51.7 Å². The third-order valence-corrected chi connectivity index (χ3v) is 4.14. The van der Waals surface area contributed by atoms with Gasteiger partial charge in [0.2, 0.25) is 0 Å². The first-order chi connectivity index (χ1) is 9.74. The molecular weight excluding hydrogens is 246 g/mol. The molecule has 1 aromatic carbocycles. The summed E-state index contributed by atoms with van der Waals surface area (Å²) in [4.78, 5) is 4.72. The van der Waals surface area contributed by atoms with Gasteiger partial charge in [0.1, 0.15) is 5.82 Å². The molecule has 0 aliphatic heterocycles. The smallest absolute Gasteiger partial charge is 0.106 e. The Kier molecular flexibility index (Phi) is 3.77. The average molecular weight is 269 g/mol. The molecule has 20 heavy (non-hydrogen) atoms. The number of aryl methyl sites for hydroxylation is 3. The van der Waals surface area contributed by atoms with E-state index in [1.165, 1.54) is 47.7 Å². The van der Waals surface area contributed by atoms with Crippen LogP contribution in [-0.2, 0) is 19.4 Å². The van der Waals surface area contributed by atoms with Crippen LogP contribution in [0.15, 0.2) is 24.3 Å². The number of fused-ring (bicyclic) bond motifs is 1. The monoisotopic (exact) mass is 269 g/mol. The van der Waals surface area contributed by atoms with Crippen molar-refractivity contribution in [2.75, 3.05) is 11.9 Å². The third kappa shape index (κ3) is 2.72. The summed E-state index contributed by atoms with van der Waals surface area (Å²) in [6.45, 7) is 6.20. The zero-order chi connectivity index (χ0) is 13.9. The summed E-state index contributed by atoms with van der Waals surface area (Å²) in [5, 5.41) is 3.50. The molecule has 0 saturated heterocycles. The number of anilines is 1. The topological polar surface area (TPSA) is 29.9 Å². The molecule has 3 rings (SSSR count). The minimum Gasteiger partial charge on any atom is -0.383 e. The summed E-state index contributed by atoms with van der Waals surface area (Å²) >= 11 is 0. The molecule has 0 bridgehead atoms. The number of hydrogen-bond donors (Lipinski definition) is 1. The number of benzene rings is 1. The molecule has 3 nitrogen and oxygen atoms in total. The number of hydrogen-bond acceptors (Lipinski definition) is 2. The summed E-state index contributed by atoms with van der Waals surface area (Å²) in [6.07, 6.45) is 4.96. The van der Waals surface area contributed by atoms with Gasteiger partial charge in [0.25, 0.3) is 0 Å². The Morgan fingerprint density at radius 1 is 1.10 bits per heavy atom. The van der Waals surface area contributed by atoms with Crippen LogP contribution in [0.25, 0.3) is 0 Å². The van der Waals surface area contributed by atoms with E-state index in [2.05, 4.69) is 48.0 Å². The van der Waals surface area contributed by atoms with Crippen LogP contribution in [-0.4, -0.2) is 16.1 Å². The lowest BCUT2D eigenvalue weighted by Crippen LogP contribution is -2.15. The van der Waals surface area contributed by atoms with Crippen LogP contribution >= 0.6 is 0 Å². The van der Waals surface area contributed by atoms with Gasteiger partial charge in [-0.15, -0.1) is 0 Å². The zero-order valence-corrected chi connectivity index (χ0v) is 12.4. The fourth-order valence-electron chi connectivity index (χ4n) is 3.02. The van der Waals surface area contributed by atoms with Crippen LogP contribution in [0.4, 0.5) is 5.69 Å². The van der Waals surface area contributed by atoms with Gasteiger partial charge < -0.3 is 9.88 Å². The molecule has 1 N–H and O–H groups in total. The Morgan fingerprint density at radius 3 is 2.65 bits per heavy atom. The van der Waals surface area contributed by atoms with E-state index in [1.54, 1.807) is 0 Å². The van der Waals surface area contributed by atoms with E-state index in [4.69, 9.17) is 4.98 Å². The fourth-order valence-corrected chi connectivity index (χ4v) is 3.02. The highest BCUT2D eigenvalue weighted by Gasteiger charge is 2.17. The van der Waals surface area contributed by atoms with Crippen LogP contribution in [0, 0.1) is 13.8 Å². The predicted octanol–water partition coefficient (Wildman–Crippen LogP) is 3.49. The Bertz CT molecular complexity index is 581. The van der Waals surface area contributed by atoms with Crippen LogP contribution in [0.2, 0.25) is 0 Å². The maximum Gasteiger partial charge on any atom is 0.106 e. The summed E-state index contributed by atoms with van der Waals surface area (Å²) < 4.78 is 2.40. The second-order valence-electron chi connectivity index (χ2n) is 5.70. The highest BCUT2D eigenvalue weighted by atomic mass is 15.1. The summed E-state index contributed by atoms with van der Waals surface area (Å²) in [5.41, 5.74) is 5.31. The molecule has 2 aromatic rings. The number of imidazole rings is 1. The largest absolute Gasteiger partial charge is 0.383 e. The Balaban J connectivity index is 1.64. The SMILES string of the molecule is Cc1ccc(NCCn2c(C)nc3c2CCCC3)cc1. The third-order valence-electron chi connectivity index (χ3n) is 4.14. The number of aromatic nitrogens is 2. The van der Waals surface area contributed by atoms with Gasteiger partial charge in [-0.25, -0.2) is 4.98 Å². The lowest BCUT2D eigenvalue weighted by molar-refractivity contribution is 0.606. The molecular formula is C17H23N3. The molecule has 1 aliphatic rings. The normalized spacial score (nSPS) is 14.1. The van der Waals surface area contributed by atoms with Crippen molar-refractivity contribution in [2.45, 2.75) is 46.1 Å². The van der Waals surface area contributed by atoms with Gasteiger partial charge >= 0.3 is 0 Å². The Labute approximate surface area is 121 Å². The van der Waals surface area contributed by atoms with Gasteiger partial charge in [0.15, 0.2) is 0 Å². The van der Waals surface area contributed by atoms with Crippen molar-refractivity contribution in [3.8, 4) is 0 Å². The van der Waals surface area contributed by atoms with E-state index < -0.39 is 0 Å². The van der Waals surface area contributed by atoms with Crippen molar-refractivity contribution < 1.29 is 0 Å². The van der Waals surface area contributed by atoms with E-state index in [9.17, 15) is 0 Å². The lowest BCUT2D eigenvalue weighted by Gasteiger charge is -2.15. The van der Waals surface area contributed by atoms with Gasteiger partial charge in [0, 0.05) is 24.5 Å². The summed E-state index contributed by atoms with van der Waals surface area (Å²) in [5.74, 6) is 1.17. The predicted molar refractivity (Wildman–Crippen MR) is 83.3 cm³/mol. The first kappa shape index (κ1) is 13.2. The van der Waals surface area contributed by atoms with E-state index in [0.717, 1.165) is 19.5 Å². The Morgan fingerprint density at radius 2 is 1.85 bits per heavy atom. The lowest BCUT2D eigenvalue weighted by atomic mass is 10.0. The van der Waals surface area contributed by atoms with E-state index in [1.807, 2.05) is 0 Å². The average Bonchev–Trinajstić information content (AvgIpc) is 2.77. The molecule has 1 heterocycles. The van der Waals surface area contributed by atoms with Gasteiger partial charge in [0.05, 0.1) is 5.69 Å². The van der Waals surface area contributed by atoms with E-state index in [-0.39, 0.29) is 0 Å². The molecule has 0 saturated carbocycles. The van der Waals surface area contributed by atoms with Crippen LogP contribution < -0.4 is 5.32 Å². The fraction of sp³-hybridized carbons (Fsp3) is 0.471. The quantitative estimate of drug-likeness (QED) is 0.920. The van der Waals surface area contributed by atoms with Crippen LogP contribution in [0.1, 0.15) is 35.6 Å². The molecule has 0 spiro atoms. The number of rotatable bonds is 4. The summed E-state index contributed by atoms with van der Waals surface area (Å²) in [7, 11) is 0. The molecule has 1 aliphatic carbocycles. The first-order valence-corrected chi connectivity index (χ1v) is 7.59. The van der Waals surface area contributed by atoms with E-state index >= 15 is 0 Å². The van der Waals surface area contributed by atoms with Crippen molar-refractivity contribution in [2.24, 2.45) is 0 Å². The van der Waals surface area contributed by atoms with Gasteiger partial charge in [-0.1, -0.05) is 17.7 Å². The van der Waals surface area contributed by atoms with E-state index in [0.29, 0.717) is 0 Å². The maximum absolute atomic E-state index is 4.72. The van der Waals surface area contributed by atoms with Crippen molar-refractivity contribution in [3.05, 3.63) is 47.0 Å². The standard InChI is InChI=1S/C17H23N3/c1-13-7-9-15(10-8-13)18-11-12-20-14(2)19-16-5-3-4-6-17(16)20/h7-10,18H,3-6,11-12H2,1-2H3. The van der Waals surface area contributed by atoms with Gasteiger partial charge in [-0.2, -0.15) is 0 Å². The zero-order valence-electron chi connectivity index (χ0n) is 12.4. The molecule has 0 radical (unpaired) electrons. The molecule has 0 amide bonds.